The first-order valence-electron chi connectivity index (χ1n) is 6.44. The first kappa shape index (κ1) is 12.8. The van der Waals surface area contributed by atoms with E-state index >= 15 is 0 Å². The number of H-pyrrole nitrogens is 1. The second-order valence-corrected chi connectivity index (χ2v) is 4.53. The molecule has 0 amide bonds. The number of hydrogen-bond donors (Lipinski definition) is 2. The average molecular weight is 244 g/mol. The Kier molecular flexibility index (Phi) is 4.47. The van der Waals surface area contributed by atoms with Crippen LogP contribution >= 0.6 is 0 Å². The second-order valence-electron chi connectivity index (χ2n) is 4.53. The molecule has 2 aromatic rings. The third-order valence-electron chi connectivity index (χ3n) is 3.12. The van der Waals surface area contributed by atoms with Gasteiger partial charge in [0.25, 0.3) is 0 Å². The number of hydrogen-bond acceptors (Lipinski definition) is 3. The van der Waals surface area contributed by atoms with Crippen LogP contribution in [0.1, 0.15) is 36.2 Å². The number of aryl methyl sites for hydroxylation is 1. The van der Waals surface area contributed by atoms with Crippen LogP contribution in [-0.2, 0) is 6.42 Å². The summed E-state index contributed by atoms with van der Waals surface area (Å²) >= 11 is 0. The van der Waals surface area contributed by atoms with Crippen LogP contribution in [-0.4, -0.2) is 22.0 Å². The van der Waals surface area contributed by atoms with Gasteiger partial charge in [-0.05, 0) is 37.4 Å². The van der Waals surface area contributed by atoms with E-state index in [1.165, 1.54) is 11.1 Å². The van der Waals surface area contributed by atoms with Crippen molar-refractivity contribution in [2.45, 2.75) is 32.7 Å². The van der Waals surface area contributed by atoms with Crippen molar-refractivity contribution in [1.29, 1.82) is 0 Å². The van der Waals surface area contributed by atoms with Gasteiger partial charge in [-0.3, -0.25) is 0 Å². The summed E-state index contributed by atoms with van der Waals surface area (Å²) in [5.41, 5.74) is 3.66. The van der Waals surface area contributed by atoms with Crippen LogP contribution in [0.4, 0.5) is 0 Å². The third kappa shape index (κ3) is 3.17. The summed E-state index contributed by atoms with van der Waals surface area (Å²) in [7, 11) is 0. The summed E-state index contributed by atoms with van der Waals surface area (Å²) in [6.45, 7) is 5.30. The summed E-state index contributed by atoms with van der Waals surface area (Å²) in [6, 6.07) is 8.71. The zero-order chi connectivity index (χ0) is 12.8. The van der Waals surface area contributed by atoms with Gasteiger partial charge in [0.15, 0.2) is 0 Å². The zero-order valence-corrected chi connectivity index (χ0v) is 11.0. The molecule has 0 saturated heterocycles. The zero-order valence-electron chi connectivity index (χ0n) is 11.0. The molecular formula is C14H20N4. The molecule has 0 saturated carbocycles. The lowest BCUT2D eigenvalue weighted by Crippen LogP contribution is -2.24. The molecule has 1 unspecified atom stereocenters. The maximum atomic E-state index is 4.20. The van der Waals surface area contributed by atoms with E-state index in [9.17, 15) is 0 Å². The Morgan fingerprint density at radius 2 is 2.17 bits per heavy atom. The fourth-order valence-electron chi connectivity index (χ4n) is 2.04. The molecule has 4 heteroatoms. The van der Waals surface area contributed by atoms with Gasteiger partial charge >= 0.3 is 0 Å². The summed E-state index contributed by atoms with van der Waals surface area (Å²) in [5, 5.41) is 14.3. The van der Waals surface area contributed by atoms with E-state index in [0.29, 0.717) is 0 Å². The highest BCUT2D eigenvalue weighted by atomic mass is 15.3. The molecule has 0 bridgehead atoms. The quantitative estimate of drug-likeness (QED) is 0.820. The summed E-state index contributed by atoms with van der Waals surface area (Å²) in [5.74, 6) is 0. The summed E-state index contributed by atoms with van der Waals surface area (Å²) < 4.78 is 0. The van der Waals surface area contributed by atoms with E-state index in [1.807, 2.05) is 0 Å². The molecule has 0 aliphatic heterocycles. The Morgan fingerprint density at radius 3 is 2.83 bits per heavy atom. The molecule has 4 nitrogen and oxygen atoms in total. The standard InChI is InChI=1S/C14H20N4/c1-3-8-15-13(14-10-16-18-17-14)9-12-7-5-4-6-11(12)2/h4-7,10,13,15H,3,8-9H2,1-2H3,(H,16,17,18). The molecule has 96 valence electrons. The topological polar surface area (TPSA) is 53.6 Å². The van der Waals surface area contributed by atoms with Gasteiger partial charge in [-0.25, -0.2) is 0 Å². The van der Waals surface area contributed by atoms with Gasteiger partial charge in [-0.1, -0.05) is 31.2 Å². The van der Waals surface area contributed by atoms with E-state index < -0.39 is 0 Å². The van der Waals surface area contributed by atoms with Crippen molar-refractivity contribution in [3.05, 3.63) is 47.3 Å². The molecule has 0 aliphatic rings. The number of aromatic amines is 1. The Morgan fingerprint density at radius 1 is 1.33 bits per heavy atom. The molecule has 2 N–H and O–H groups in total. The van der Waals surface area contributed by atoms with Gasteiger partial charge in [0.1, 0.15) is 0 Å². The molecule has 1 aromatic carbocycles. The minimum absolute atomic E-state index is 0.227. The first-order chi connectivity index (χ1) is 8.81. The van der Waals surface area contributed by atoms with Crippen molar-refractivity contribution in [1.82, 2.24) is 20.7 Å². The lowest BCUT2D eigenvalue weighted by molar-refractivity contribution is 0.516. The summed E-state index contributed by atoms with van der Waals surface area (Å²) in [4.78, 5) is 0. The highest BCUT2D eigenvalue weighted by molar-refractivity contribution is 5.27. The van der Waals surface area contributed by atoms with E-state index in [2.05, 4.69) is 58.8 Å². The number of benzene rings is 1. The van der Waals surface area contributed by atoms with Crippen LogP contribution in [0.25, 0.3) is 0 Å². The molecular weight excluding hydrogens is 224 g/mol. The smallest absolute Gasteiger partial charge is 0.0997 e. The highest BCUT2D eigenvalue weighted by Gasteiger charge is 2.14. The predicted molar refractivity (Wildman–Crippen MR) is 72.3 cm³/mol. The van der Waals surface area contributed by atoms with Crippen molar-refractivity contribution in [3.63, 3.8) is 0 Å². The second kappa shape index (κ2) is 6.31. The van der Waals surface area contributed by atoms with Crippen LogP contribution in [0, 0.1) is 6.92 Å². The predicted octanol–water partition coefficient (Wildman–Crippen LogP) is 2.40. The maximum Gasteiger partial charge on any atom is 0.0997 e. The summed E-state index contributed by atoms with van der Waals surface area (Å²) in [6.07, 6.45) is 3.85. The van der Waals surface area contributed by atoms with E-state index in [-0.39, 0.29) is 6.04 Å². The van der Waals surface area contributed by atoms with E-state index in [4.69, 9.17) is 0 Å². The van der Waals surface area contributed by atoms with E-state index in [1.54, 1.807) is 6.20 Å². The molecule has 1 heterocycles. The fraction of sp³-hybridized carbons (Fsp3) is 0.429. The SMILES string of the molecule is CCCNC(Cc1ccccc1C)c1cn[nH]n1. The normalized spacial score (nSPS) is 12.6. The van der Waals surface area contributed by atoms with Crippen LogP contribution in [0.2, 0.25) is 0 Å². The maximum absolute atomic E-state index is 4.20. The van der Waals surface area contributed by atoms with Crippen molar-refractivity contribution < 1.29 is 0 Å². The van der Waals surface area contributed by atoms with Crippen LogP contribution in [0.15, 0.2) is 30.5 Å². The van der Waals surface area contributed by atoms with Crippen LogP contribution in [0.3, 0.4) is 0 Å². The molecule has 1 aromatic heterocycles. The van der Waals surface area contributed by atoms with Crippen molar-refractivity contribution >= 4 is 0 Å². The highest BCUT2D eigenvalue weighted by Crippen LogP contribution is 2.18. The molecule has 0 aliphatic carbocycles. The lowest BCUT2D eigenvalue weighted by Gasteiger charge is -2.17. The number of rotatable bonds is 6. The Labute approximate surface area is 108 Å². The van der Waals surface area contributed by atoms with Crippen LogP contribution in [0.5, 0.6) is 0 Å². The van der Waals surface area contributed by atoms with Gasteiger partial charge in [-0.15, -0.1) is 0 Å². The molecule has 0 spiro atoms. The van der Waals surface area contributed by atoms with Crippen molar-refractivity contribution in [2.75, 3.05) is 6.54 Å². The lowest BCUT2D eigenvalue weighted by atomic mass is 9.99. The van der Waals surface area contributed by atoms with Gasteiger partial charge < -0.3 is 5.32 Å². The molecule has 1 atom stereocenters. The largest absolute Gasteiger partial charge is 0.308 e. The minimum atomic E-state index is 0.227. The fourth-order valence-corrected chi connectivity index (χ4v) is 2.04. The Hall–Kier alpha value is -1.68. The third-order valence-corrected chi connectivity index (χ3v) is 3.12. The molecule has 0 radical (unpaired) electrons. The molecule has 2 rings (SSSR count). The number of aromatic nitrogens is 3. The van der Waals surface area contributed by atoms with Gasteiger partial charge in [0, 0.05) is 0 Å². The number of nitrogens with one attached hydrogen (secondary N) is 2. The van der Waals surface area contributed by atoms with E-state index in [0.717, 1.165) is 25.1 Å². The van der Waals surface area contributed by atoms with Crippen LogP contribution < -0.4 is 5.32 Å². The van der Waals surface area contributed by atoms with Gasteiger partial charge in [0.2, 0.25) is 0 Å². The average Bonchev–Trinajstić information content (AvgIpc) is 2.90. The molecule has 18 heavy (non-hydrogen) atoms. The monoisotopic (exact) mass is 244 g/mol. The molecule has 0 fully saturated rings. The van der Waals surface area contributed by atoms with Crippen molar-refractivity contribution in [2.24, 2.45) is 0 Å². The first-order valence-corrected chi connectivity index (χ1v) is 6.44. The van der Waals surface area contributed by atoms with Gasteiger partial charge in [-0.2, -0.15) is 15.4 Å². The minimum Gasteiger partial charge on any atom is -0.308 e. The Bertz CT molecular complexity index is 464. The van der Waals surface area contributed by atoms with Crippen molar-refractivity contribution in [3.8, 4) is 0 Å². The van der Waals surface area contributed by atoms with Gasteiger partial charge in [0.05, 0.1) is 17.9 Å². The Balaban J connectivity index is 2.13. The number of nitrogens with zero attached hydrogens (tertiary/aromatic N) is 2.